The highest BCUT2D eigenvalue weighted by Gasteiger charge is 2.60. The van der Waals surface area contributed by atoms with Crippen LogP contribution in [-0.2, 0) is 12.9 Å². The first kappa shape index (κ1) is 22.0. The van der Waals surface area contributed by atoms with Crippen LogP contribution in [0.5, 0.6) is 5.75 Å². The number of carbonyl (C=O) groups is 2. The van der Waals surface area contributed by atoms with Crippen LogP contribution in [0.15, 0.2) is 18.2 Å². The average molecular weight is 516 g/mol. The molecule has 1 aromatic carbocycles. The Hall–Kier alpha value is -1.71. The number of anilines is 1. The summed E-state index contributed by atoms with van der Waals surface area (Å²) in [7, 11) is 1.61. The number of amides is 2. The zero-order chi connectivity index (χ0) is 21.8. The number of alkyl halides is 1. The maximum atomic E-state index is 13.2. The second kappa shape index (κ2) is 7.21. The van der Waals surface area contributed by atoms with Crippen LogP contribution in [0.1, 0.15) is 53.5 Å². The maximum Gasteiger partial charge on any atom is 0.416 e. The Bertz CT molecular complexity index is 829. The van der Waals surface area contributed by atoms with E-state index in [-0.39, 0.29) is 0 Å². The van der Waals surface area contributed by atoms with Crippen molar-refractivity contribution < 1.29 is 23.8 Å². The number of hydrogen-bond donors (Lipinski definition) is 0. The minimum absolute atomic E-state index is 0.436. The molecule has 0 bridgehead atoms. The van der Waals surface area contributed by atoms with Crippen LogP contribution in [0.25, 0.3) is 0 Å². The minimum Gasteiger partial charge on any atom is -0.497 e. The molecule has 160 valence electrons. The van der Waals surface area contributed by atoms with E-state index in [1.54, 1.807) is 16.9 Å². The van der Waals surface area contributed by atoms with Crippen LogP contribution >= 0.6 is 22.6 Å². The number of likely N-dealkylation sites (tertiary alicyclic amines) is 1. The second-order valence-corrected chi connectivity index (χ2v) is 11.3. The molecule has 8 heteroatoms. The highest BCUT2D eigenvalue weighted by molar-refractivity contribution is 14.1. The van der Waals surface area contributed by atoms with Gasteiger partial charge in [-0.15, -0.1) is 0 Å². The molecule has 1 aromatic rings. The molecule has 0 N–H and O–H groups in total. The predicted molar refractivity (Wildman–Crippen MR) is 119 cm³/mol. The third-order valence-electron chi connectivity index (χ3n) is 4.79. The highest BCUT2D eigenvalue weighted by atomic mass is 127. The first-order valence-electron chi connectivity index (χ1n) is 9.66. The molecule has 1 saturated heterocycles. The molecule has 2 aliphatic heterocycles. The summed E-state index contributed by atoms with van der Waals surface area (Å²) in [5.41, 5.74) is 0.404. The highest BCUT2D eigenvalue weighted by Crippen LogP contribution is 2.57. The summed E-state index contributed by atoms with van der Waals surface area (Å²) in [5.74, 6) is 0.709. The van der Waals surface area contributed by atoms with Crippen molar-refractivity contribution in [1.82, 2.24) is 4.90 Å². The van der Waals surface area contributed by atoms with Crippen molar-refractivity contribution in [2.75, 3.05) is 18.6 Å². The number of nitrogens with zero attached hydrogens (tertiary/aromatic N) is 2. The van der Waals surface area contributed by atoms with Gasteiger partial charge in [-0.05, 0) is 71.7 Å². The van der Waals surface area contributed by atoms with E-state index >= 15 is 0 Å². The van der Waals surface area contributed by atoms with Gasteiger partial charge in [-0.3, -0.25) is 9.80 Å². The van der Waals surface area contributed by atoms with E-state index in [4.69, 9.17) is 14.2 Å². The second-order valence-electron chi connectivity index (χ2n) is 9.39. The Labute approximate surface area is 185 Å². The molecule has 0 spiro atoms. The summed E-state index contributed by atoms with van der Waals surface area (Å²) in [4.78, 5) is 29.4. The largest absolute Gasteiger partial charge is 0.497 e. The van der Waals surface area contributed by atoms with Gasteiger partial charge in [0.2, 0.25) is 0 Å². The smallest absolute Gasteiger partial charge is 0.416 e. The molecule has 0 radical (unpaired) electrons. The first-order chi connectivity index (χ1) is 13.3. The summed E-state index contributed by atoms with van der Waals surface area (Å²) < 4.78 is 16.2. The van der Waals surface area contributed by atoms with Gasteiger partial charge in [0.25, 0.3) is 0 Å². The van der Waals surface area contributed by atoms with E-state index in [1.165, 1.54) is 0 Å². The lowest BCUT2D eigenvalue weighted by Gasteiger charge is -2.36. The summed E-state index contributed by atoms with van der Waals surface area (Å²) in [6.45, 7) is 11.5. The van der Waals surface area contributed by atoms with Crippen LogP contribution in [0.2, 0.25) is 0 Å². The van der Waals surface area contributed by atoms with E-state index in [1.807, 2.05) is 59.7 Å². The summed E-state index contributed by atoms with van der Waals surface area (Å²) in [5, 5.41) is 0. The van der Waals surface area contributed by atoms with Gasteiger partial charge in [-0.2, -0.15) is 0 Å². The van der Waals surface area contributed by atoms with Crippen molar-refractivity contribution in [3.63, 3.8) is 0 Å². The SMILES string of the molecule is COc1ccc2c(c1)[C@]1(I)CCN(C(=O)OC(C)(C)C)[C@@H]1N2C(=O)OC(C)(C)C. The lowest BCUT2D eigenvalue weighted by atomic mass is 9.98. The fourth-order valence-electron chi connectivity index (χ4n) is 3.74. The predicted octanol–water partition coefficient (Wildman–Crippen LogP) is 5.05. The van der Waals surface area contributed by atoms with E-state index in [2.05, 4.69) is 22.6 Å². The van der Waals surface area contributed by atoms with Gasteiger partial charge in [0.05, 0.1) is 16.2 Å². The molecule has 2 atom stereocenters. The number of halogens is 1. The third kappa shape index (κ3) is 4.13. The van der Waals surface area contributed by atoms with Crippen LogP contribution in [0.3, 0.4) is 0 Å². The number of hydrogen-bond acceptors (Lipinski definition) is 5. The number of methoxy groups -OCH3 is 1. The van der Waals surface area contributed by atoms with Gasteiger partial charge in [0.1, 0.15) is 23.1 Å². The molecule has 29 heavy (non-hydrogen) atoms. The summed E-state index contributed by atoms with van der Waals surface area (Å²) in [6, 6.07) is 5.61. The standard InChI is InChI=1S/C21H29IN2O5/c1-19(2,3)28-17(25)23-11-10-21(22)14-12-13(27-7)8-9-15(14)24(16(21)23)18(26)29-20(4,5)6/h8-9,12,16H,10-11H2,1-7H3/t16-,21-/m1/s1. The normalized spacial score (nSPS) is 23.5. The molecule has 2 amide bonds. The molecule has 2 aliphatic rings. The van der Waals surface area contributed by atoms with Gasteiger partial charge >= 0.3 is 12.2 Å². The maximum absolute atomic E-state index is 13.2. The van der Waals surface area contributed by atoms with Crippen LogP contribution < -0.4 is 9.64 Å². The molecule has 0 unspecified atom stereocenters. The molecule has 7 nitrogen and oxygen atoms in total. The van der Waals surface area contributed by atoms with Gasteiger partial charge < -0.3 is 14.2 Å². The summed E-state index contributed by atoms with van der Waals surface area (Å²) in [6.07, 6.45) is -0.760. The molecule has 0 saturated carbocycles. The van der Waals surface area contributed by atoms with Crippen molar-refractivity contribution in [3.8, 4) is 5.75 Å². The zero-order valence-corrected chi connectivity index (χ0v) is 20.2. The Morgan fingerprint density at radius 1 is 1.07 bits per heavy atom. The van der Waals surface area contributed by atoms with E-state index in [0.29, 0.717) is 18.7 Å². The van der Waals surface area contributed by atoms with E-state index < -0.39 is 33.0 Å². The Morgan fingerprint density at radius 3 is 2.21 bits per heavy atom. The average Bonchev–Trinajstić information content (AvgIpc) is 3.02. The molecular formula is C21H29IN2O5. The fraction of sp³-hybridized carbons (Fsp3) is 0.619. The monoisotopic (exact) mass is 516 g/mol. The van der Waals surface area contributed by atoms with Crippen molar-refractivity contribution in [3.05, 3.63) is 23.8 Å². The van der Waals surface area contributed by atoms with Crippen molar-refractivity contribution >= 4 is 40.5 Å². The lowest BCUT2D eigenvalue weighted by molar-refractivity contribution is 0.0199. The molecule has 0 aromatic heterocycles. The van der Waals surface area contributed by atoms with Crippen molar-refractivity contribution in [2.24, 2.45) is 0 Å². The van der Waals surface area contributed by atoms with Gasteiger partial charge in [0, 0.05) is 6.54 Å². The molecule has 3 rings (SSSR count). The van der Waals surface area contributed by atoms with Gasteiger partial charge in [-0.25, -0.2) is 9.59 Å². The number of ether oxygens (including phenoxy) is 3. The van der Waals surface area contributed by atoms with Crippen LogP contribution in [0, 0.1) is 0 Å². The minimum atomic E-state index is -0.657. The Morgan fingerprint density at radius 2 is 1.66 bits per heavy atom. The lowest BCUT2D eigenvalue weighted by Crippen LogP contribution is -2.54. The Kier molecular flexibility index (Phi) is 5.47. The van der Waals surface area contributed by atoms with E-state index in [9.17, 15) is 9.59 Å². The van der Waals surface area contributed by atoms with Gasteiger partial charge in [-0.1, -0.05) is 22.6 Å². The number of benzene rings is 1. The van der Waals surface area contributed by atoms with Crippen LogP contribution in [0.4, 0.5) is 15.3 Å². The topological polar surface area (TPSA) is 68.3 Å². The first-order valence-corrected chi connectivity index (χ1v) is 10.7. The third-order valence-corrected chi connectivity index (χ3v) is 6.47. The molecule has 1 fully saturated rings. The molecule has 2 heterocycles. The van der Waals surface area contributed by atoms with Crippen molar-refractivity contribution in [2.45, 2.75) is 68.8 Å². The molecule has 0 aliphatic carbocycles. The quantitative estimate of drug-likeness (QED) is 0.386. The molecular weight excluding hydrogens is 487 g/mol. The fourth-order valence-corrected chi connectivity index (χ4v) is 5.03. The van der Waals surface area contributed by atoms with Gasteiger partial charge in [0.15, 0.2) is 0 Å². The van der Waals surface area contributed by atoms with Crippen LogP contribution in [-0.4, -0.2) is 48.1 Å². The zero-order valence-electron chi connectivity index (χ0n) is 18.0. The van der Waals surface area contributed by atoms with Crippen molar-refractivity contribution in [1.29, 1.82) is 0 Å². The number of rotatable bonds is 1. The number of carbonyl (C=O) groups excluding carboxylic acids is 2. The Balaban J connectivity index is 2.07. The number of fused-ring (bicyclic) bond motifs is 3. The van der Waals surface area contributed by atoms with E-state index in [0.717, 1.165) is 11.3 Å². The summed E-state index contributed by atoms with van der Waals surface area (Å²) >= 11 is 2.36.